The fraction of sp³-hybridized carbons (Fsp3) is 0.409. The molecule has 0 spiro atoms. The molecule has 29 heavy (non-hydrogen) atoms. The molecule has 0 aliphatic carbocycles. The van der Waals surface area contributed by atoms with E-state index in [0.717, 1.165) is 0 Å². The van der Waals surface area contributed by atoms with Crippen molar-refractivity contribution in [1.29, 1.82) is 0 Å². The van der Waals surface area contributed by atoms with E-state index in [2.05, 4.69) is 13.8 Å². The third-order valence-electron chi connectivity index (χ3n) is 5.20. The Morgan fingerprint density at radius 3 is 2.14 bits per heavy atom. The molecule has 3 rings (SSSR count). The summed E-state index contributed by atoms with van der Waals surface area (Å²) in [6, 6.07) is 11.0. The molecule has 0 bridgehead atoms. The van der Waals surface area contributed by atoms with E-state index in [9.17, 15) is 14.4 Å². The number of piperazine rings is 1. The maximum Gasteiger partial charge on any atom is 0.289 e. The molecule has 0 N–H and O–H groups in total. The molecule has 7 heteroatoms. The lowest BCUT2D eigenvalue weighted by Gasteiger charge is -2.35. The smallest absolute Gasteiger partial charge is 0.289 e. The molecular weight excluding hydrogens is 370 g/mol. The van der Waals surface area contributed by atoms with Crippen molar-refractivity contribution in [2.45, 2.75) is 26.7 Å². The van der Waals surface area contributed by atoms with Gasteiger partial charge in [-0.15, -0.1) is 0 Å². The second-order valence-corrected chi connectivity index (χ2v) is 7.50. The summed E-state index contributed by atoms with van der Waals surface area (Å²) in [5, 5.41) is 0. The van der Waals surface area contributed by atoms with Gasteiger partial charge < -0.3 is 19.1 Å². The highest BCUT2D eigenvalue weighted by Crippen LogP contribution is 2.20. The highest BCUT2D eigenvalue weighted by Gasteiger charge is 2.27. The third kappa shape index (κ3) is 4.85. The number of nitrogens with zero attached hydrogens (tertiary/aromatic N) is 3. The zero-order valence-corrected chi connectivity index (χ0v) is 17.1. The average Bonchev–Trinajstić information content (AvgIpc) is 3.26. The van der Waals surface area contributed by atoms with E-state index in [1.807, 2.05) is 24.3 Å². The fourth-order valence-electron chi connectivity index (χ4n) is 3.37. The van der Waals surface area contributed by atoms with Gasteiger partial charge in [-0.25, -0.2) is 0 Å². The van der Waals surface area contributed by atoms with Crippen molar-refractivity contribution in [2.24, 2.45) is 0 Å². The molecule has 0 saturated carbocycles. The van der Waals surface area contributed by atoms with Gasteiger partial charge >= 0.3 is 0 Å². The van der Waals surface area contributed by atoms with Gasteiger partial charge in [-0.3, -0.25) is 14.4 Å². The van der Waals surface area contributed by atoms with Crippen molar-refractivity contribution in [3.8, 4) is 0 Å². The molecule has 1 aromatic heterocycles. The predicted octanol–water partition coefficient (Wildman–Crippen LogP) is 2.74. The Morgan fingerprint density at radius 1 is 1.00 bits per heavy atom. The predicted molar refractivity (Wildman–Crippen MR) is 110 cm³/mol. The van der Waals surface area contributed by atoms with E-state index in [1.54, 1.807) is 21.9 Å². The fourth-order valence-corrected chi connectivity index (χ4v) is 3.37. The maximum absolute atomic E-state index is 12.8. The molecule has 0 radical (unpaired) electrons. The van der Waals surface area contributed by atoms with Crippen LogP contribution in [0.15, 0.2) is 47.1 Å². The monoisotopic (exact) mass is 397 g/mol. The van der Waals surface area contributed by atoms with E-state index >= 15 is 0 Å². The molecule has 2 heterocycles. The lowest BCUT2D eigenvalue weighted by atomic mass is 10.0. The minimum atomic E-state index is -0.178. The number of furan rings is 1. The van der Waals surface area contributed by atoms with Crippen LogP contribution in [0.1, 0.15) is 42.8 Å². The van der Waals surface area contributed by atoms with E-state index in [-0.39, 0.29) is 24.3 Å². The summed E-state index contributed by atoms with van der Waals surface area (Å²) in [5.74, 6) is 0.229. The van der Waals surface area contributed by atoms with Crippen molar-refractivity contribution < 1.29 is 18.8 Å². The molecule has 1 aliphatic rings. The summed E-state index contributed by atoms with van der Waals surface area (Å²) < 4.78 is 5.16. The topological polar surface area (TPSA) is 74.1 Å². The normalized spacial score (nSPS) is 14.2. The van der Waals surface area contributed by atoms with Gasteiger partial charge in [-0.05, 0) is 35.7 Å². The molecule has 2 aromatic rings. The van der Waals surface area contributed by atoms with Crippen molar-refractivity contribution >= 4 is 23.4 Å². The Bertz CT molecular complexity index is 851. The first-order valence-corrected chi connectivity index (χ1v) is 9.85. The standard InChI is InChI=1S/C22H27N3O4/c1-16(2)18-6-8-19(9-7-18)25(17(3)26)15-21(27)23-10-12-24(13-11-23)22(28)20-5-4-14-29-20/h4-9,14,16H,10-13,15H2,1-3H3. The number of carbonyl (C=O) groups is 3. The van der Waals surface area contributed by atoms with Crippen molar-refractivity contribution in [3.05, 3.63) is 54.0 Å². The van der Waals surface area contributed by atoms with Crippen LogP contribution >= 0.6 is 0 Å². The highest BCUT2D eigenvalue weighted by molar-refractivity contribution is 5.97. The number of benzene rings is 1. The van der Waals surface area contributed by atoms with Gasteiger partial charge in [0.15, 0.2) is 5.76 Å². The maximum atomic E-state index is 12.8. The lowest BCUT2D eigenvalue weighted by molar-refractivity contribution is -0.132. The summed E-state index contributed by atoms with van der Waals surface area (Å²) in [4.78, 5) is 42.1. The molecule has 154 valence electrons. The Labute approximate surface area is 170 Å². The largest absolute Gasteiger partial charge is 0.459 e. The molecule has 1 aromatic carbocycles. The van der Waals surface area contributed by atoms with Gasteiger partial charge in [0, 0.05) is 38.8 Å². The average molecular weight is 397 g/mol. The summed E-state index contributed by atoms with van der Waals surface area (Å²) in [6.45, 7) is 7.41. The van der Waals surface area contributed by atoms with Crippen LogP contribution in [0.2, 0.25) is 0 Å². The molecule has 1 saturated heterocycles. The Balaban J connectivity index is 1.59. The van der Waals surface area contributed by atoms with Crippen LogP contribution in [0, 0.1) is 0 Å². The minimum Gasteiger partial charge on any atom is -0.459 e. The third-order valence-corrected chi connectivity index (χ3v) is 5.20. The Morgan fingerprint density at radius 2 is 1.62 bits per heavy atom. The first-order chi connectivity index (χ1) is 13.9. The minimum absolute atomic E-state index is 0.0114. The molecular formula is C22H27N3O4. The van der Waals surface area contributed by atoms with Crippen LogP contribution in [-0.4, -0.2) is 60.2 Å². The van der Waals surface area contributed by atoms with Gasteiger partial charge in [0.2, 0.25) is 11.8 Å². The first-order valence-electron chi connectivity index (χ1n) is 9.85. The van der Waals surface area contributed by atoms with Crippen molar-refractivity contribution in [2.75, 3.05) is 37.6 Å². The van der Waals surface area contributed by atoms with Crippen LogP contribution in [0.5, 0.6) is 0 Å². The molecule has 0 unspecified atom stereocenters. The summed E-state index contributed by atoms with van der Waals surface area (Å²) >= 11 is 0. The number of hydrogen-bond donors (Lipinski definition) is 0. The van der Waals surface area contributed by atoms with Crippen LogP contribution in [-0.2, 0) is 9.59 Å². The van der Waals surface area contributed by atoms with Gasteiger partial charge in [0.1, 0.15) is 6.54 Å². The molecule has 0 atom stereocenters. The van der Waals surface area contributed by atoms with Crippen molar-refractivity contribution in [3.63, 3.8) is 0 Å². The molecule has 1 aliphatic heterocycles. The van der Waals surface area contributed by atoms with Crippen LogP contribution in [0.4, 0.5) is 5.69 Å². The quantitative estimate of drug-likeness (QED) is 0.778. The zero-order valence-electron chi connectivity index (χ0n) is 17.1. The zero-order chi connectivity index (χ0) is 21.0. The van der Waals surface area contributed by atoms with Gasteiger partial charge in [0.25, 0.3) is 5.91 Å². The summed E-state index contributed by atoms with van der Waals surface area (Å²) in [6.07, 6.45) is 1.47. The molecule has 7 nitrogen and oxygen atoms in total. The highest BCUT2D eigenvalue weighted by atomic mass is 16.3. The van der Waals surface area contributed by atoms with E-state index < -0.39 is 0 Å². The van der Waals surface area contributed by atoms with Gasteiger partial charge in [-0.1, -0.05) is 26.0 Å². The van der Waals surface area contributed by atoms with Gasteiger partial charge in [0.05, 0.1) is 6.26 Å². The van der Waals surface area contributed by atoms with E-state index in [1.165, 1.54) is 23.7 Å². The summed E-state index contributed by atoms with van der Waals surface area (Å²) in [5.41, 5.74) is 1.89. The van der Waals surface area contributed by atoms with E-state index in [0.29, 0.717) is 43.5 Å². The lowest BCUT2D eigenvalue weighted by Crippen LogP contribution is -2.53. The van der Waals surface area contributed by atoms with Gasteiger partial charge in [-0.2, -0.15) is 0 Å². The van der Waals surface area contributed by atoms with Crippen LogP contribution in [0.3, 0.4) is 0 Å². The number of amides is 3. The number of carbonyl (C=O) groups excluding carboxylic acids is 3. The second-order valence-electron chi connectivity index (χ2n) is 7.50. The number of rotatable bonds is 5. The van der Waals surface area contributed by atoms with Crippen molar-refractivity contribution in [1.82, 2.24) is 9.80 Å². The second kappa shape index (κ2) is 8.94. The Kier molecular flexibility index (Phi) is 6.36. The van der Waals surface area contributed by atoms with E-state index in [4.69, 9.17) is 4.42 Å². The van der Waals surface area contributed by atoms with Crippen LogP contribution < -0.4 is 4.90 Å². The molecule has 3 amide bonds. The molecule has 1 fully saturated rings. The summed E-state index contributed by atoms with van der Waals surface area (Å²) in [7, 11) is 0. The number of hydrogen-bond acceptors (Lipinski definition) is 4. The number of anilines is 1. The Hall–Kier alpha value is -3.09. The van der Waals surface area contributed by atoms with Crippen LogP contribution in [0.25, 0.3) is 0 Å². The first kappa shape index (κ1) is 20.6. The SMILES string of the molecule is CC(=O)N(CC(=O)N1CCN(C(=O)c2ccco2)CC1)c1ccc(C(C)C)cc1.